The molecule has 3 N–H and O–H groups in total. The van der Waals surface area contributed by atoms with E-state index in [1.54, 1.807) is 31.2 Å². The Kier molecular flexibility index (Phi) is 7.48. The fourth-order valence-corrected chi connectivity index (χ4v) is 5.18. The Hall–Kier alpha value is -3.57. The normalized spacial score (nSPS) is 11.5. The second-order valence-corrected chi connectivity index (χ2v) is 10.7. The summed E-state index contributed by atoms with van der Waals surface area (Å²) in [7, 11) is -6.53. The van der Waals surface area contributed by atoms with Crippen LogP contribution in [0, 0.1) is 6.92 Å². The molecule has 0 radical (unpaired) electrons. The van der Waals surface area contributed by atoms with Crippen LogP contribution in [-0.4, -0.2) is 36.4 Å². The van der Waals surface area contributed by atoms with E-state index in [9.17, 15) is 21.6 Å². The Labute approximate surface area is 199 Å². The van der Waals surface area contributed by atoms with Gasteiger partial charge in [0.15, 0.2) is 0 Å². The molecule has 0 aliphatic rings. The predicted octanol–water partition coefficient (Wildman–Crippen LogP) is 3.35. The van der Waals surface area contributed by atoms with E-state index in [-0.39, 0.29) is 26.8 Å². The average Bonchev–Trinajstić information content (AvgIpc) is 2.80. The lowest BCUT2D eigenvalue weighted by molar-refractivity contribution is 0.0952. The molecular formula is C23H25N3O6S2. The number of hydrogen-bond acceptors (Lipinski definition) is 6. The van der Waals surface area contributed by atoms with Crippen LogP contribution >= 0.6 is 0 Å². The molecule has 3 rings (SSSR count). The Balaban J connectivity index is 1.81. The summed E-state index contributed by atoms with van der Waals surface area (Å²) in [6.07, 6.45) is 0. The summed E-state index contributed by atoms with van der Waals surface area (Å²) in [6, 6.07) is 16.1. The van der Waals surface area contributed by atoms with E-state index in [4.69, 9.17) is 4.74 Å². The molecule has 0 aliphatic heterocycles. The van der Waals surface area contributed by atoms with Gasteiger partial charge in [-0.05, 0) is 68.4 Å². The number of carbonyl (C=O) groups excluding carboxylic acids is 1. The molecule has 9 nitrogen and oxygen atoms in total. The Morgan fingerprint density at radius 2 is 1.29 bits per heavy atom. The van der Waals surface area contributed by atoms with Crippen molar-refractivity contribution in [2.24, 2.45) is 0 Å². The molecule has 1 amide bonds. The molecule has 3 aromatic rings. The minimum atomic E-state index is -4.06. The second-order valence-electron chi connectivity index (χ2n) is 7.32. The number of amides is 1. The van der Waals surface area contributed by atoms with Crippen LogP contribution in [0.15, 0.2) is 76.5 Å². The van der Waals surface area contributed by atoms with Gasteiger partial charge in [0, 0.05) is 17.9 Å². The zero-order chi connectivity index (χ0) is 24.9. The molecule has 180 valence electrons. The van der Waals surface area contributed by atoms with Crippen LogP contribution in [-0.2, 0) is 20.0 Å². The highest BCUT2D eigenvalue weighted by Crippen LogP contribution is 2.25. The van der Waals surface area contributed by atoms with Crippen molar-refractivity contribution in [3.8, 4) is 5.75 Å². The van der Waals surface area contributed by atoms with Crippen molar-refractivity contribution in [2.75, 3.05) is 23.1 Å². The van der Waals surface area contributed by atoms with E-state index in [0.29, 0.717) is 12.2 Å². The van der Waals surface area contributed by atoms with E-state index in [2.05, 4.69) is 14.8 Å². The standard InChI is InChI=1S/C23H25N3O6S2/c1-4-24-23(27)21-15-20(13-14-22(21)32-3)34(30,31)26-18-9-11-19(12-10-18)33(28,29)25-17-7-5-16(2)6-8-17/h5-15,25-26H,4H2,1-3H3,(H,24,27). The number of ether oxygens (including phenoxy) is 1. The molecule has 0 fully saturated rings. The fraction of sp³-hybridized carbons (Fsp3) is 0.174. The quantitative estimate of drug-likeness (QED) is 0.410. The first-order valence-electron chi connectivity index (χ1n) is 10.2. The number of carbonyl (C=O) groups is 1. The molecule has 0 bridgehead atoms. The molecule has 0 aromatic heterocycles. The van der Waals surface area contributed by atoms with Crippen molar-refractivity contribution >= 4 is 37.3 Å². The first kappa shape index (κ1) is 25.1. The number of benzene rings is 3. The van der Waals surface area contributed by atoms with E-state index in [1.165, 1.54) is 49.6 Å². The summed E-state index contributed by atoms with van der Waals surface area (Å²) < 4.78 is 61.0. The Morgan fingerprint density at radius 3 is 1.82 bits per heavy atom. The molecular weight excluding hydrogens is 478 g/mol. The van der Waals surface area contributed by atoms with Gasteiger partial charge in [-0.1, -0.05) is 17.7 Å². The average molecular weight is 504 g/mol. The monoisotopic (exact) mass is 503 g/mol. The number of rotatable bonds is 9. The third-order valence-corrected chi connectivity index (χ3v) is 7.56. The molecule has 0 saturated carbocycles. The van der Waals surface area contributed by atoms with E-state index < -0.39 is 26.0 Å². The number of sulfonamides is 2. The number of hydrogen-bond donors (Lipinski definition) is 3. The number of nitrogens with one attached hydrogen (secondary N) is 3. The van der Waals surface area contributed by atoms with E-state index in [0.717, 1.165) is 5.56 Å². The Bertz CT molecular complexity index is 1390. The summed E-state index contributed by atoms with van der Waals surface area (Å²) in [5, 5.41) is 2.61. The molecule has 0 saturated heterocycles. The third kappa shape index (κ3) is 5.86. The smallest absolute Gasteiger partial charge is 0.261 e. The van der Waals surface area contributed by atoms with Crippen LogP contribution < -0.4 is 19.5 Å². The van der Waals surface area contributed by atoms with Gasteiger partial charge >= 0.3 is 0 Å². The molecule has 0 spiro atoms. The van der Waals surface area contributed by atoms with Crippen molar-refractivity contribution < 1.29 is 26.4 Å². The Morgan fingerprint density at radius 1 is 0.794 bits per heavy atom. The predicted molar refractivity (Wildman–Crippen MR) is 130 cm³/mol. The highest BCUT2D eigenvalue weighted by Gasteiger charge is 2.20. The van der Waals surface area contributed by atoms with Crippen LogP contribution in [0.1, 0.15) is 22.8 Å². The first-order chi connectivity index (χ1) is 16.1. The minimum Gasteiger partial charge on any atom is -0.496 e. The summed E-state index contributed by atoms with van der Waals surface area (Å²) >= 11 is 0. The lowest BCUT2D eigenvalue weighted by Gasteiger charge is -2.13. The van der Waals surface area contributed by atoms with Gasteiger partial charge in [-0.3, -0.25) is 14.2 Å². The maximum Gasteiger partial charge on any atom is 0.261 e. The molecule has 34 heavy (non-hydrogen) atoms. The number of methoxy groups -OCH3 is 1. The van der Waals surface area contributed by atoms with Gasteiger partial charge in [0.1, 0.15) is 5.75 Å². The van der Waals surface area contributed by atoms with Gasteiger partial charge < -0.3 is 10.1 Å². The fourth-order valence-electron chi connectivity index (χ4n) is 3.04. The van der Waals surface area contributed by atoms with Gasteiger partial charge in [-0.15, -0.1) is 0 Å². The maximum absolute atomic E-state index is 12.9. The van der Waals surface area contributed by atoms with Crippen LogP contribution in [0.3, 0.4) is 0 Å². The lowest BCUT2D eigenvalue weighted by atomic mass is 10.2. The zero-order valence-corrected chi connectivity index (χ0v) is 20.5. The minimum absolute atomic E-state index is 0.0287. The SMILES string of the molecule is CCNC(=O)c1cc(S(=O)(=O)Nc2ccc(S(=O)(=O)Nc3ccc(C)cc3)cc2)ccc1OC. The van der Waals surface area contributed by atoms with E-state index in [1.807, 2.05) is 6.92 Å². The molecule has 0 heterocycles. The molecule has 0 aliphatic carbocycles. The van der Waals surface area contributed by atoms with Crippen molar-refractivity contribution in [3.63, 3.8) is 0 Å². The van der Waals surface area contributed by atoms with Crippen molar-refractivity contribution in [1.29, 1.82) is 0 Å². The first-order valence-corrected chi connectivity index (χ1v) is 13.2. The summed E-state index contributed by atoms with van der Waals surface area (Å²) in [4.78, 5) is 12.1. The van der Waals surface area contributed by atoms with Crippen LogP contribution in [0.4, 0.5) is 11.4 Å². The van der Waals surface area contributed by atoms with Crippen molar-refractivity contribution in [2.45, 2.75) is 23.6 Å². The van der Waals surface area contributed by atoms with Crippen LogP contribution in [0.2, 0.25) is 0 Å². The molecule has 0 atom stereocenters. The van der Waals surface area contributed by atoms with E-state index >= 15 is 0 Å². The van der Waals surface area contributed by atoms with Gasteiger partial charge in [0.25, 0.3) is 26.0 Å². The zero-order valence-electron chi connectivity index (χ0n) is 18.8. The van der Waals surface area contributed by atoms with Crippen LogP contribution in [0.25, 0.3) is 0 Å². The summed E-state index contributed by atoms with van der Waals surface area (Å²) in [5.41, 5.74) is 1.65. The lowest BCUT2D eigenvalue weighted by Crippen LogP contribution is -2.24. The van der Waals surface area contributed by atoms with Crippen molar-refractivity contribution in [1.82, 2.24) is 5.32 Å². The second kappa shape index (κ2) is 10.1. The highest BCUT2D eigenvalue weighted by atomic mass is 32.2. The highest BCUT2D eigenvalue weighted by molar-refractivity contribution is 7.93. The van der Waals surface area contributed by atoms with Gasteiger partial charge in [-0.2, -0.15) is 0 Å². The molecule has 11 heteroatoms. The van der Waals surface area contributed by atoms with Crippen molar-refractivity contribution in [3.05, 3.63) is 77.9 Å². The summed E-state index contributed by atoms with van der Waals surface area (Å²) in [6.45, 7) is 4.00. The van der Waals surface area contributed by atoms with Gasteiger partial charge in [-0.25, -0.2) is 16.8 Å². The van der Waals surface area contributed by atoms with Gasteiger partial charge in [0.2, 0.25) is 0 Å². The topological polar surface area (TPSA) is 131 Å². The molecule has 0 unspecified atom stereocenters. The summed E-state index contributed by atoms with van der Waals surface area (Å²) in [5.74, 6) is -0.229. The van der Waals surface area contributed by atoms with Crippen LogP contribution in [0.5, 0.6) is 5.75 Å². The number of anilines is 2. The number of aryl methyl sites for hydroxylation is 1. The molecule has 3 aromatic carbocycles. The largest absolute Gasteiger partial charge is 0.496 e. The van der Waals surface area contributed by atoms with Gasteiger partial charge in [0.05, 0.1) is 22.5 Å². The maximum atomic E-state index is 12.9. The third-order valence-electron chi connectivity index (χ3n) is 4.78.